The third kappa shape index (κ3) is 1.69. The van der Waals surface area contributed by atoms with Crippen LogP contribution in [0.4, 0.5) is 0 Å². The molecule has 0 unspecified atom stereocenters. The van der Waals surface area contributed by atoms with Crippen LogP contribution in [0.5, 0.6) is 0 Å². The van der Waals surface area contributed by atoms with E-state index in [1.165, 1.54) is 0 Å². The van der Waals surface area contributed by atoms with Crippen LogP contribution in [0.2, 0.25) is 0 Å². The molecule has 1 aliphatic rings. The number of nitrogens with two attached hydrogens (primary N) is 1. The molecule has 1 heterocycles. The normalized spacial score (nSPS) is 13.3. The number of fused-ring (bicyclic) bond motifs is 1. The van der Waals surface area contributed by atoms with Gasteiger partial charge in [-0.1, -0.05) is 24.3 Å². The van der Waals surface area contributed by atoms with Gasteiger partial charge >= 0.3 is 0 Å². The first kappa shape index (κ1) is 8.62. The van der Waals surface area contributed by atoms with Crippen LogP contribution in [0.1, 0.15) is 0 Å². The fraction of sp³-hybridized carbons (Fsp3) is 0.100. The molecule has 72 valence electrons. The molecule has 0 radical (unpaired) electrons. The van der Waals surface area contributed by atoms with Crippen LogP contribution in [-0.4, -0.2) is 17.5 Å². The molecule has 0 atom stereocenters. The first-order chi connectivity index (χ1) is 6.75. The van der Waals surface area contributed by atoms with E-state index >= 15 is 0 Å². The number of amides is 1. The Labute approximate surface area is 81.3 Å². The van der Waals surface area contributed by atoms with Crippen molar-refractivity contribution in [2.45, 2.75) is 0 Å². The van der Waals surface area contributed by atoms with Crippen LogP contribution in [-0.2, 0) is 4.79 Å². The van der Waals surface area contributed by atoms with Crippen molar-refractivity contribution in [1.29, 1.82) is 0 Å². The van der Waals surface area contributed by atoms with Crippen molar-refractivity contribution in [3.63, 3.8) is 0 Å². The highest BCUT2D eigenvalue weighted by Gasteiger charge is 2.03. The van der Waals surface area contributed by atoms with Crippen molar-refractivity contribution >= 4 is 18.3 Å². The molecule has 0 aliphatic carbocycles. The first-order valence-corrected chi connectivity index (χ1v) is 4.34. The molecule has 0 fully saturated rings. The van der Waals surface area contributed by atoms with Gasteiger partial charge in [-0.25, -0.2) is 0 Å². The van der Waals surface area contributed by atoms with E-state index in [1.807, 2.05) is 36.7 Å². The van der Waals surface area contributed by atoms with Gasteiger partial charge in [-0.15, -0.1) is 0 Å². The maximum atomic E-state index is 10.7. The summed E-state index contributed by atoms with van der Waals surface area (Å²) < 4.78 is 0. The van der Waals surface area contributed by atoms with E-state index in [9.17, 15) is 4.79 Å². The van der Waals surface area contributed by atoms with Gasteiger partial charge in [0, 0.05) is 22.8 Å². The molecule has 1 aromatic rings. The van der Waals surface area contributed by atoms with Gasteiger partial charge < -0.3 is 11.2 Å². The second kappa shape index (κ2) is 3.41. The van der Waals surface area contributed by atoms with E-state index in [-0.39, 0.29) is 12.5 Å². The Balaban J connectivity index is 2.34. The summed E-state index contributed by atoms with van der Waals surface area (Å²) in [6.45, 7) is 0.171. The molecular formula is C10H11N3O. The van der Waals surface area contributed by atoms with Crippen molar-refractivity contribution in [3.8, 4) is 0 Å². The third-order valence-electron chi connectivity index (χ3n) is 2.00. The Kier molecular flexibility index (Phi) is 2.10. The van der Waals surface area contributed by atoms with Gasteiger partial charge in [-0.3, -0.25) is 9.80 Å². The lowest BCUT2D eigenvalue weighted by molar-refractivity contribution is -0.118. The van der Waals surface area contributed by atoms with Crippen molar-refractivity contribution in [2.24, 2.45) is 5.73 Å². The Morgan fingerprint density at radius 3 is 2.79 bits per heavy atom. The minimum absolute atomic E-state index is 0.171. The maximum Gasteiger partial charge on any atom is 0.239 e. The summed E-state index contributed by atoms with van der Waals surface area (Å²) in [6, 6.07) is 7.91. The average Bonchev–Trinajstić information content (AvgIpc) is 2.17. The number of carbonyl (C=O) groups excluding carboxylic acids is 1. The van der Waals surface area contributed by atoms with Crippen molar-refractivity contribution < 1.29 is 4.79 Å². The third-order valence-corrected chi connectivity index (χ3v) is 2.00. The number of hydrogen-bond acceptors (Lipinski definition) is 3. The van der Waals surface area contributed by atoms with Crippen LogP contribution in [0.3, 0.4) is 0 Å². The summed E-state index contributed by atoms with van der Waals surface area (Å²) in [5.41, 5.74) is 8.05. The molecule has 1 aliphatic heterocycles. The topological polar surface area (TPSA) is 58.4 Å². The monoisotopic (exact) mass is 189 g/mol. The van der Waals surface area contributed by atoms with Gasteiger partial charge in [0.1, 0.15) is 6.54 Å². The van der Waals surface area contributed by atoms with Gasteiger partial charge in [-0.2, -0.15) is 0 Å². The second-order valence-electron chi connectivity index (χ2n) is 3.13. The quantitative estimate of drug-likeness (QED) is 0.593. The molecule has 0 saturated heterocycles. The van der Waals surface area contributed by atoms with Gasteiger partial charge in [0.2, 0.25) is 5.91 Å². The van der Waals surface area contributed by atoms with E-state index in [4.69, 9.17) is 5.73 Å². The average molecular weight is 189 g/mol. The molecule has 4 heteroatoms. The zero-order valence-corrected chi connectivity index (χ0v) is 7.60. The minimum Gasteiger partial charge on any atom is -0.368 e. The fourth-order valence-electron chi connectivity index (χ4n) is 1.38. The number of rotatable bonds is 2. The predicted molar refractivity (Wildman–Crippen MR) is 53.7 cm³/mol. The van der Waals surface area contributed by atoms with E-state index in [0.29, 0.717) is 0 Å². The van der Waals surface area contributed by atoms with E-state index < -0.39 is 0 Å². The molecule has 1 amide bonds. The number of hydrazine groups is 1. The Morgan fingerprint density at radius 1 is 1.36 bits per heavy atom. The molecule has 0 spiro atoms. The largest absolute Gasteiger partial charge is 0.368 e. The molecule has 14 heavy (non-hydrogen) atoms. The molecule has 2 rings (SSSR count). The predicted octanol–water partition coefficient (Wildman–Crippen LogP) is -1.53. The number of nitrogens with zero attached hydrogens (tertiary/aromatic N) is 1. The highest BCUT2D eigenvalue weighted by molar-refractivity contribution is 5.76. The van der Waals surface area contributed by atoms with Crippen LogP contribution in [0.25, 0.3) is 12.4 Å². The zero-order valence-electron chi connectivity index (χ0n) is 7.60. The number of primary amides is 1. The minimum atomic E-state index is -0.360. The number of nitrogens with one attached hydrogen (secondary N) is 1. The van der Waals surface area contributed by atoms with Crippen LogP contribution in [0, 0.1) is 0 Å². The molecule has 0 aromatic heterocycles. The van der Waals surface area contributed by atoms with Gasteiger partial charge in [-0.05, 0) is 0 Å². The van der Waals surface area contributed by atoms with Crippen LogP contribution < -0.4 is 21.6 Å². The lowest BCUT2D eigenvalue weighted by atomic mass is 10.2. The van der Waals surface area contributed by atoms with Crippen LogP contribution in [0.15, 0.2) is 24.3 Å². The summed E-state index contributed by atoms with van der Waals surface area (Å²) in [4.78, 5) is 10.7. The number of carbonyl (C=O) groups is 1. The highest BCUT2D eigenvalue weighted by Crippen LogP contribution is 1.86. The van der Waals surface area contributed by atoms with Crippen LogP contribution >= 0.6 is 0 Å². The fourth-order valence-corrected chi connectivity index (χ4v) is 1.38. The summed E-state index contributed by atoms with van der Waals surface area (Å²) >= 11 is 0. The van der Waals surface area contributed by atoms with Crippen molar-refractivity contribution in [3.05, 3.63) is 34.7 Å². The SMILES string of the molecule is NC(=O)CN1C=c2ccccc2=CN1. The smallest absolute Gasteiger partial charge is 0.239 e. The van der Waals surface area contributed by atoms with E-state index in [2.05, 4.69) is 5.43 Å². The van der Waals surface area contributed by atoms with E-state index in [1.54, 1.807) is 5.01 Å². The zero-order chi connectivity index (χ0) is 9.97. The Morgan fingerprint density at radius 2 is 2.07 bits per heavy atom. The Bertz CT molecular complexity index is 467. The maximum absolute atomic E-state index is 10.7. The summed E-state index contributed by atoms with van der Waals surface area (Å²) in [6.07, 6.45) is 3.71. The molecule has 1 aromatic carbocycles. The number of benzene rings is 1. The molecule has 0 saturated carbocycles. The van der Waals surface area contributed by atoms with Gasteiger partial charge in [0.25, 0.3) is 0 Å². The lowest BCUT2D eigenvalue weighted by Crippen LogP contribution is -2.45. The lowest BCUT2D eigenvalue weighted by Gasteiger charge is -2.20. The van der Waals surface area contributed by atoms with Gasteiger partial charge in [0.05, 0.1) is 0 Å². The molecule has 0 bridgehead atoms. The summed E-state index contributed by atoms with van der Waals surface area (Å²) in [7, 11) is 0. The van der Waals surface area contributed by atoms with E-state index in [0.717, 1.165) is 10.4 Å². The molecule has 3 N–H and O–H groups in total. The van der Waals surface area contributed by atoms with Gasteiger partial charge in [0.15, 0.2) is 0 Å². The number of hydrogen-bond donors (Lipinski definition) is 2. The summed E-state index contributed by atoms with van der Waals surface area (Å²) in [5, 5.41) is 3.84. The molecule has 4 nitrogen and oxygen atoms in total. The van der Waals surface area contributed by atoms with Crippen molar-refractivity contribution in [2.75, 3.05) is 6.54 Å². The summed E-state index contributed by atoms with van der Waals surface area (Å²) in [5.74, 6) is -0.360. The molecular weight excluding hydrogens is 178 g/mol. The first-order valence-electron chi connectivity index (χ1n) is 4.34. The highest BCUT2D eigenvalue weighted by atomic mass is 16.1. The standard InChI is InChI=1S/C10H11N3O/c11-10(14)7-13-6-9-4-2-1-3-8(9)5-12-13/h1-6,12H,7H2,(H2,11,14). The Hall–Kier alpha value is -1.97. The van der Waals surface area contributed by atoms with Crippen molar-refractivity contribution in [1.82, 2.24) is 10.4 Å². The second-order valence-corrected chi connectivity index (χ2v) is 3.13.